The van der Waals surface area contributed by atoms with E-state index >= 15 is 0 Å². The Morgan fingerprint density at radius 2 is 1.67 bits per heavy atom. The second-order valence-corrected chi connectivity index (χ2v) is 7.40. The van der Waals surface area contributed by atoms with Gasteiger partial charge in [0.15, 0.2) is 0 Å². The van der Waals surface area contributed by atoms with Crippen LogP contribution in [0.4, 0.5) is 0 Å². The van der Waals surface area contributed by atoms with Crippen molar-refractivity contribution in [3.63, 3.8) is 0 Å². The van der Waals surface area contributed by atoms with Crippen LogP contribution in [0.2, 0.25) is 0 Å². The van der Waals surface area contributed by atoms with E-state index in [4.69, 9.17) is 0 Å². The summed E-state index contributed by atoms with van der Waals surface area (Å²) in [7, 11) is 0. The van der Waals surface area contributed by atoms with Gasteiger partial charge >= 0.3 is 0 Å². The zero-order valence-corrected chi connectivity index (χ0v) is 15.3. The molecule has 2 aromatic rings. The number of aromatic nitrogens is 1. The Morgan fingerprint density at radius 1 is 0.917 bits per heavy atom. The van der Waals surface area contributed by atoms with Crippen molar-refractivity contribution < 1.29 is 0 Å². The van der Waals surface area contributed by atoms with Gasteiger partial charge in [-0.2, -0.15) is 0 Å². The lowest BCUT2D eigenvalue weighted by molar-refractivity contribution is 0.319. The summed E-state index contributed by atoms with van der Waals surface area (Å²) < 4.78 is 0. The van der Waals surface area contributed by atoms with E-state index in [1.807, 2.05) is 6.20 Å². The monoisotopic (exact) mass is 321 g/mol. The van der Waals surface area contributed by atoms with Crippen LogP contribution in [0.3, 0.4) is 0 Å². The first-order chi connectivity index (χ1) is 11.8. The second kappa shape index (κ2) is 8.46. The third kappa shape index (κ3) is 4.26. The van der Waals surface area contributed by atoms with Crippen molar-refractivity contribution in [3.8, 4) is 11.3 Å². The highest BCUT2D eigenvalue weighted by Gasteiger charge is 2.21. The average molecular weight is 322 g/mol. The van der Waals surface area contributed by atoms with Gasteiger partial charge in [-0.1, -0.05) is 57.0 Å². The molecule has 0 radical (unpaired) electrons. The molecule has 0 N–H and O–H groups in total. The van der Waals surface area contributed by atoms with Crippen LogP contribution in [0.5, 0.6) is 0 Å². The van der Waals surface area contributed by atoms with Crippen molar-refractivity contribution >= 4 is 0 Å². The summed E-state index contributed by atoms with van der Waals surface area (Å²) in [4.78, 5) is 4.67. The summed E-state index contributed by atoms with van der Waals surface area (Å²) in [5.74, 6) is 1.74. The van der Waals surface area contributed by atoms with Crippen molar-refractivity contribution in [1.82, 2.24) is 4.98 Å². The first-order valence-corrected chi connectivity index (χ1v) is 9.85. The lowest BCUT2D eigenvalue weighted by Gasteiger charge is -2.28. The van der Waals surface area contributed by atoms with Gasteiger partial charge in [0.2, 0.25) is 0 Å². The molecule has 0 atom stereocenters. The maximum absolute atomic E-state index is 4.67. The standard InChI is InChI=1S/C23H31N/c1-3-5-6-19-9-16-23(24-17-19)22-14-12-21(13-15-22)20-10-7-18(4-2)8-11-20/h9,12-18,20H,3-8,10-11H2,1-2H3. The van der Waals surface area contributed by atoms with Crippen LogP contribution in [0, 0.1) is 5.92 Å². The number of rotatable bonds is 6. The van der Waals surface area contributed by atoms with E-state index in [2.05, 4.69) is 55.2 Å². The number of hydrogen-bond donors (Lipinski definition) is 0. The quantitative estimate of drug-likeness (QED) is 0.571. The molecule has 1 nitrogen and oxygen atoms in total. The lowest BCUT2D eigenvalue weighted by Crippen LogP contribution is -2.12. The molecule has 128 valence electrons. The van der Waals surface area contributed by atoms with Crippen molar-refractivity contribution in [2.45, 2.75) is 71.1 Å². The molecule has 3 rings (SSSR count). The van der Waals surface area contributed by atoms with Crippen LogP contribution in [-0.2, 0) is 6.42 Å². The molecule has 0 saturated heterocycles. The fourth-order valence-corrected chi connectivity index (χ4v) is 3.95. The molecule has 0 amide bonds. The minimum absolute atomic E-state index is 0.770. The molecule has 1 aromatic carbocycles. The molecule has 1 aliphatic rings. The number of unbranched alkanes of at least 4 members (excludes halogenated alkanes) is 1. The number of nitrogens with zero attached hydrogens (tertiary/aromatic N) is 1. The van der Waals surface area contributed by atoms with Gasteiger partial charge in [0.1, 0.15) is 0 Å². The molecular weight excluding hydrogens is 290 g/mol. The van der Waals surface area contributed by atoms with Gasteiger partial charge in [0.05, 0.1) is 5.69 Å². The normalized spacial score (nSPS) is 20.9. The van der Waals surface area contributed by atoms with Gasteiger partial charge in [-0.05, 0) is 67.6 Å². The third-order valence-electron chi connectivity index (χ3n) is 5.75. The predicted octanol–water partition coefficient (Wildman–Crippen LogP) is 6.78. The molecule has 24 heavy (non-hydrogen) atoms. The molecule has 1 saturated carbocycles. The minimum atomic E-state index is 0.770. The Bertz CT molecular complexity index is 603. The fourth-order valence-electron chi connectivity index (χ4n) is 3.95. The molecule has 1 fully saturated rings. The molecule has 1 heteroatoms. The highest BCUT2D eigenvalue weighted by Crippen LogP contribution is 2.37. The summed E-state index contributed by atoms with van der Waals surface area (Å²) >= 11 is 0. The molecule has 0 spiro atoms. The molecule has 1 aliphatic carbocycles. The Balaban J connectivity index is 1.64. The van der Waals surface area contributed by atoms with Gasteiger partial charge in [0.25, 0.3) is 0 Å². The topological polar surface area (TPSA) is 12.9 Å². The Labute approximate surface area is 147 Å². The van der Waals surface area contributed by atoms with Crippen LogP contribution in [0.15, 0.2) is 42.6 Å². The van der Waals surface area contributed by atoms with Crippen molar-refractivity contribution in [2.24, 2.45) is 5.92 Å². The highest BCUT2D eigenvalue weighted by molar-refractivity contribution is 5.59. The zero-order valence-electron chi connectivity index (χ0n) is 15.3. The molecule has 0 unspecified atom stereocenters. The molecule has 0 aliphatic heterocycles. The van der Waals surface area contributed by atoms with Crippen molar-refractivity contribution in [2.75, 3.05) is 0 Å². The first-order valence-electron chi connectivity index (χ1n) is 9.85. The Hall–Kier alpha value is -1.63. The van der Waals surface area contributed by atoms with Gasteiger partial charge in [-0.15, -0.1) is 0 Å². The number of aryl methyl sites for hydroxylation is 1. The van der Waals surface area contributed by atoms with E-state index in [0.29, 0.717) is 0 Å². The van der Waals surface area contributed by atoms with Gasteiger partial charge in [-0.25, -0.2) is 0 Å². The molecular formula is C23H31N. The first kappa shape index (κ1) is 17.2. The summed E-state index contributed by atoms with van der Waals surface area (Å²) in [5.41, 5.74) is 5.21. The van der Waals surface area contributed by atoms with Crippen molar-refractivity contribution in [3.05, 3.63) is 53.7 Å². The van der Waals surface area contributed by atoms with Gasteiger partial charge in [0, 0.05) is 11.8 Å². The van der Waals surface area contributed by atoms with Crippen LogP contribution < -0.4 is 0 Å². The third-order valence-corrected chi connectivity index (χ3v) is 5.75. The van der Waals surface area contributed by atoms with Crippen LogP contribution >= 0.6 is 0 Å². The minimum Gasteiger partial charge on any atom is -0.256 e. The summed E-state index contributed by atoms with van der Waals surface area (Å²) in [6.07, 6.45) is 12.6. The zero-order chi connectivity index (χ0) is 16.8. The molecule has 1 aromatic heterocycles. The Kier molecular flexibility index (Phi) is 6.07. The van der Waals surface area contributed by atoms with Crippen molar-refractivity contribution in [1.29, 1.82) is 0 Å². The fraction of sp³-hybridized carbons (Fsp3) is 0.522. The van der Waals surface area contributed by atoms with E-state index in [-0.39, 0.29) is 0 Å². The van der Waals surface area contributed by atoms with Gasteiger partial charge in [-0.3, -0.25) is 4.98 Å². The number of hydrogen-bond acceptors (Lipinski definition) is 1. The maximum Gasteiger partial charge on any atom is 0.0702 e. The molecule has 1 heterocycles. The number of pyridine rings is 1. The second-order valence-electron chi connectivity index (χ2n) is 7.40. The SMILES string of the molecule is CCCCc1ccc(-c2ccc(C3CCC(CC)CC3)cc2)nc1. The largest absolute Gasteiger partial charge is 0.256 e. The van der Waals surface area contributed by atoms with E-state index < -0.39 is 0 Å². The van der Waals surface area contributed by atoms with Crippen LogP contribution in [-0.4, -0.2) is 4.98 Å². The summed E-state index contributed by atoms with van der Waals surface area (Å²) in [6.45, 7) is 4.57. The summed E-state index contributed by atoms with van der Waals surface area (Å²) in [5, 5.41) is 0. The maximum atomic E-state index is 4.67. The Morgan fingerprint density at radius 3 is 2.25 bits per heavy atom. The predicted molar refractivity (Wildman–Crippen MR) is 103 cm³/mol. The molecule has 0 bridgehead atoms. The van der Waals surface area contributed by atoms with Crippen LogP contribution in [0.1, 0.15) is 75.8 Å². The number of benzene rings is 1. The van der Waals surface area contributed by atoms with Gasteiger partial charge < -0.3 is 0 Å². The van der Waals surface area contributed by atoms with E-state index in [1.165, 1.54) is 61.6 Å². The van der Waals surface area contributed by atoms with E-state index in [0.717, 1.165) is 24.0 Å². The lowest BCUT2D eigenvalue weighted by atomic mass is 9.78. The average Bonchev–Trinajstić information content (AvgIpc) is 2.67. The highest BCUT2D eigenvalue weighted by atomic mass is 14.7. The van der Waals surface area contributed by atoms with E-state index in [9.17, 15) is 0 Å². The van der Waals surface area contributed by atoms with E-state index in [1.54, 1.807) is 0 Å². The smallest absolute Gasteiger partial charge is 0.0702 e. The van der Waals surface area contributed by atoms with Crippen LogP contribution in [0.25, 0.3) is 11.3 Å². The summed E-state index contributed by atoms with van der Waals surface area (Å²) in [6, 6.07) is 13.6.